The van der Waals surface area contributed by atoms with Gasteiger partial charge >= 0.3 is 5.97 Å². The lowest BCUT2D eigenvalue weighted by Crippen LogP contribution is -2.20. The molecule has 1 heterocycles. The Morgan fingerprint density at radius 2 is 2.30 bits per heavy atom. The van der Waals surface area contributed by atoms with Crippen molar-refractivity contribution in [3.8, 4) is 0 Å². The van der Waals surface area contributed by atoms with Gasteiger partial charge in [0, 0.05) is 17.6 Å². The fraction of sp³-hybridized carbons (Fsp3) is 0.333. The van der Waals surface area contributed by atoms with Gasteiger partial charge in [0.25, 0.3) is 0 Å². The molecule has 1 aromatic carbocycles. The fourth-order valence-corrected chi connectivity index (χ4v) is 2.95. The smallest absolute Gasteiger partial charge is 0.335 e. The molecule has 4 nitrogen and oxygen atoms in total. The molecule has 1 unspecified atom stereocenters. The minimum Gasteiger partial charge on any atom is -0.478 e. The van der Waals surface area contributed by atoms with Gasteiger partial charge in [-0.1, -0.05) is 19.1 Å². The van der Waals surface area contributed by atoms with Crippen molar-refractivity contribution in [1.82, 2.24) is 10.3 Å². The molecular weight excluding hydrogens is 272 g/mol. The first-order chi connectivity index (χ1) is 9.60. The molecule has 1 aromatic heterocycles. The Morgan fingerprint density at radius 3 is 2.90 bits per heavy atom. The molecule has 1 atom stereocenters. The lowest BCUT2D eigenvalue weighted by Gasteiger charge is -2.14. The van der Waals surface area contributed by atoms with Crippen LogP contribution in [0.5, 0.6) is 0 Å². The quantitative estimate of drug-likeness (QED) is 0.856. The average molecular weight is 290 g/mol. The normalized spacial score (nSPS) is 12.3. The largest absolute Gasteiger partial charge is 0.478 e. The van der Waals surface area contributed by atoms with Gasteiger partial charge in [0.15, 0.2) is 0 Å². The first-order valence-corrected chi connectivity index (χ1v) is 7.45. The Labute approximate surface area is 122 Å². The van der Waals surface area contributed by atoms with Crippen molar-refractivity contribution in [2.75, 3.05) is 0 Å². The minimum atomic E-state index is -0.894. The lowest BCUT2D eigenvalue weighted by atomic mass is 10.1. The number of carboxylic acids is 1. The third kappa shape index (κ3) is 3.65. The van der Waals surface area contributed by atoms with Gasteiger partial charge in [-0.15, -0.1) is 11.3 Å². The third-order valence-electron chi connectivity index (χ3n) is 3.07. The van der Waals surface area contributed by atoms with Crippen LogP contribution in [-0.4, -0.2) is 16.1 Å². The van der Waals surface area contributed by atoms with E-state index in [0.717, 1.165) is 22.7 Å². The van der Waals surface area contributed by atoms with E-state index in [9.17, 15) is 4.79 Å². The predicted octanol–water partition coefficient (Wildman–Crippen LogP) is 3.39. The summed E-state index contributed by atoms with van der Waals surface area (Å²) in [6.07, 6.45) is 0.950. The van der Waals surface area contributed by atoms with Crippen LogP contribution >= 0.6 is 11.3 Å². The Hall–Kier alpha value is -1.72. The zero-order chi connectivity index (χ0) is 14.5. The molecule has 0 saturated carbocycles. The maximum atomic E-state index is 10.9. The van der Waals surface area contributed by atoms with Gasteiger partial charge in [0.05, 0.1) is 11.6 Å². The van der Waals surface area contributed by atoms with Crippen molar-refractivity contribution >= 4 is 17.3 Å². The van der Waals surface area contributed by atoms with E-state index in [4.69, 9.17) is 5.11 Å². The maximum Gasteiger partial charge on any atom is 0.335 e. The molecule has 0 aliphatic heterocycles. The van der Waals surface area contributed by atoms with Crippen LogP contribution in [-0.2, 0) is 6.54 Å². The van der Waals surface area contributed by atoms with Crippen LogP contribution in [0.15, 0.2) is 29.6 Å². The van der Waals surface area contributed by atoms with Crippen molar-refractivity contribution in [2.45, 2.75) is 32.9 Å². The zero-order valence-corrected chi connectivity index (χ0v) is 12.4. The molecule has 106 valence electrons. The molecule has 5 heteroatoms. The summed E-state index contributed by atoms with van der Waals surface area (Å²) >= 11 is 1.66. The number of nitrogens with zero attached hydrogens (tertiary/aromatic N) is 1. The van der Waals surface area contributed by atoms with Crippen LogP contribution in [0.2, 0.25) is 0 Å². The Bertz CT molecular complexity index is 595. The first kappa shape index (κ1) is 14.7. The van der Waals surface area contributed by atoms with Crippen molar-refractivity contribution in [1.29, 1.82) is 0 Å². The fourth-order valence-electron chi connectivity index (χ4n) is 1.99. The molecule has 0 aliphatic carbocycles. The number of hydrogen-bond donors (Lipinski definition) is 2. The molecule has 0 bridgehead atoms. The molecule has 0 radical (unpaired) electrons. The number of thiazole rings is 1. The van der Waals surface area contributed by atoms with Crippen LogP contribution in [0.4, 0.5) is 0 Å². The monoisotopic (exact) mass is 290 g/mol. The number of carbonyl (C=O) groups is 1. The minimum absolute atomic E-state index is 0.210. The number of aromatic nitrogens is 1. The van der Waals surface area contributed by atoms with Crippen molar-refractivity contribution in [3.05, 3.63) is 51.5 Å². The topological polar surface area (TPSA) is 62.2 Å². The van der Waals surface area contributed by atoms with E-state index in [1.807, 2.05) is 18.4 Å². The number of aryl methyl sites for hydroxylation is 1. The molecule has 0 saturated heterocycles. The van der Waals surface area contributed by atoms with Crippen molar-refractivity contribution < 1.29 is 9.90 Å². The summed E-state index contributed by atoms with van der Waals surface area (Å²) in [5.74, 6) is -0.894. The van der Waals surface area contributed by atoms with E-state index in [0.29, 0.717) is 12.1 Å². The van der Waals surface area contributed by atoms with E-state index >= 15 is 0 Å². The maximum absolute atomic E-state index is 10.9. The Morgan fingerprint density at radius 1 is 1.50 bits per heavy atom. The second kappa shape index (κ2) is 6.63. The number of aromatic carboxylic acids is 1. The molecule has 0 amide bonds. The molecular formula is C15H18N2O2S. The number of nitrogens with one attached hydrogen (secondary N) is 1. The number of carboxylic acid groups (broad SMARTS) is 1. The van der Waals surface area contributed by atoms with Gasteiger partial charge in [-0.05, 0) is 31.0 Å². The summed E-state index contributed by atoms with van der Waals surface area (Å²) in [5.41, 5.74) is 2.33. The highest BCUT2D eigenvalue weighted by atomic mass is 32.1. The van der Waals surface area contributed by atoms with Crippen LogP contribution in [0, 0.1) is 6.92 Å². The summed E-state index contributed by atoms with van der Waals surface area (Å²) in [6, 6.07) is 7.22. The van der Waals surface area contributed by atoms with Gasteiger partial charge in [0.1, 0.15) is 5.01 Å². The molecule has 0 spiro atoms. The van der Waals surface area contributed by atoms with Crippen LogP contribution < -0.4 is 5.32 Å². The number of hydrogen-bond acceptors (Lipinski definition) is 4. The summed E-state index contributed by atoms with van der Waals surface area (Å²) in [4.78, 5) is 15.4. The molecule has 2 rings (SSSR count). The van der Waals surface area contributed by atoms with E-state index in [-0.39, 0.29) is 6.04 Å². The molecule has 0 fully saturated rings. The average Bonchev–Trinajstić information content (AvgIpc) is 2.86. The number of rotatable bonds is 6. The second-order valence-electron chi connectivity index (χ2n) is 4.67. The Kier molecular flexibility index (Phi) is 4.87. The molecule has 2 aromatic rings. The van der Waals surface area contributed by atoms with Gasteiger partial charge in [-0.2, -0.15) is 0 Å². The summed E-state index contributed by atoms with van der Waals surface area (Å²) in [5, 5.41) is 15.6. The second-order valence-corrected chi connectivity index (χ2v) is 5.56. The van der Waals surface area contributed by atoms with Crippen LogP contribution in [0.1, 0.15) is 46.0 Å². The van der Waals surface area contributed by atoms with Crippen molar-refractivity contribution in [2.24, 2.45) is 0 Å². The highest BCUT2D eigenvalue weighted by Crippen LogP contribution is 2.21. The van der Waals surface area contributed by atoms with Gasteiger partial charge in [-0.25, -0.2) is 9.78 Å². The summed E-state index contributed by atoms with van der Waals surface area (Å²) in [6.45, 7) is 4.74. The van der Waals surface area contributed by atoms with E-state index in [1.165, 1.54) is 0 Å². The van der Waals surface area contributed by atoms with E-state index < -0.39 is 5.97 Å². The highest BCUT2D eigenvalue weighted by Gasteiger charge is 2.12. The van der Waals surface area contributed by atoms with Gasteiger partial charge in [0.2, 0.25) is 0 Å². The molecule has 0 aliphatic rings. The highest BCUT2D eigenvalue weighted by molar-refractivity contribution is 7.09. The van der Waals surface area contributed by atoms with Crippen LogP contribution in [0.25, 0.3) is 0 Å². The SMILES string of the molecule is CCC(NCc1cccc(C(=O)O)c1)c1nc(C)cs1. The Balaban J connectivity index is 2.03. The number of benzene rings is 1. The van der Waals surface area contributed by atoms with Crippen molar-refractivity contribution in [3.63, 3.8) is 0 Å². The first-order valence-electron chi connectivity index (χ1n) is 6.57. The molecule has 20 heavy (non-hydrogen) atoms. The molecule has 2 N–H and O–H groups in total. The zero-order valence-electron chi connectivity index (χ0n) is 11.6. The predicted molar refractivity (Wildman–Crippen MR) is 80.1 cm³/mol. The van der Waals surface area contributed by atoms with E-state index in [1.54, 1.807) is 29.5 Å². The lowest BCUT2D eigenvalue weighted by molar-refractivity contribution is 0.0696. The third-order valence-corrected chi connectivity index (χ3v) is 4.15. The van der Waals surface area contributed by atoms with Gasteiger partial charge < -0.3 is 10.4 Å². The standard InChI is InChI=1S/C15H18N2O2S/c1-3-13(14-17-10(2)9-20-14)16-8-11-5-4-6-12(7-11)15(18)19/h4-7,9,13,16H,3,8H2,1-2H3,(H,18,19). The summed E-state index contributed by atoms with van der Waals surface area (Å²) in [7, 11) is 0. The van der Waals surface area contributed by atoms with Crippen LogP contribution in [0.3, 0.4) is 0 Å². The van der Waals surface area contributed by atoms with E-state index in [2.05, 4.69) is 17.2 Å². The van der Waals surface area contributed by atoms with Gasteiger partial charge in [-0.3, -0.25) is 0 Å². The summed E-state index contributed by atoms with van der Waals surface area (Å²) < 4.78 is 0.